The van der Waals surface area contributed by atoms with Gasteiger partial charge in [0.1, 0.15) is 17.2 Å². The van der Waals surface area contributed by atoms with E-state index in [9.17, 15) is 28.7 Å². The minimum atomic E-state index is -4.12. The first-order valence-electron chi connectivity index (χ1n) is 9.69. The zero-order chi connectivity index (χ0) is 24.9. The number of hydrogen-bond acceptors (Lipinski definition) is 10. The molecule has 0 amide bonds. The number of methoxy groups -OCH3 is 1. The molecule has 0 atom stereocenters. The van der Waals surface area contributed by atoms with Gasteiger partial charge in [-0.25, -0.2) is 8.42 Å². The number of nitrogens with zero attached hydrogens (tertiary/aromatic N) is 3. The number of nitro benzene ring substituents is 1. The first-order valence-corrected chi connectivity index (χ1v) is 11.2. The monoisotopic (exact) mass is 487 g/mol. The molecule has 0 radical (unpaired) electrons. The van der Waals surface area contributed by atoms with Gasteiger partial charge in [-0.3, -0.25) is 25.2 Å². The Morgan fingerprint density at radius 1 is 1.24 bits per heavy atom. The SMILES string of the molecule is COc1ccc(NS(=O)(=O)c2ccc(N/N=C/c3c(CO)cnc(C)c3O)c([N+](=O)[O-])c2)cc1. The van der Waals surface area contributed by atoms with Crippen LogP contribution in [0.25, 0.3) is 0 Å². The van der Waals surface area contributed by atoms with Crippen molar-refractivity contribution in [1.82, 2.24) is 4.98 Å². The number of hydrazone groups is 1. The minimum Gasteiger partial charge on any atom is -0.505 e. The van der Waals surface area contributed by atoms with Gasteiger partial charge in [-0.05, 0) is 43.3 Å². The molecule has 3 rings (SSSR count). The second-order valence-corrected chi connectivity index (χ2v) is 8.61. The molecule has 0 aliphatic carbocycles. The number of aliphatic hydroxyl groups is 1. The predicted molar refractivity (Wildman–Crippen MR) is 125 cm³/mol. The summed E-state index contributed by atoms with van der Waals surface area (Å²) in [4.78, 5) is 14.4. The van der Waals surface area contributed by atoms with E-state index >= 15 is 0 Å². The van der Waals surface area contributed by atoms with E-state index in [2.05, 4.69) is 20.2 Å². The fourth-order valence-electron chi connectivity index (χ4n) is 2.89. The number of sulfonamides is 1. The molecular weight excluding hydrogens is 466 g/mol. The van der Waals surface area contributed by atoms with Gasteiger partial charge in [0.05, 0.1) is 35.4 Å². The Labute approximate surface area is 194 Å². The molecule has 0 aliphatic rings. The van der Waals surface area contributed by atoms with Gasteiger partial charge in [0, 0.05) is 29.1 Å². The highest BCUT2D eigenvalue weighted by molar-refractivity contribution is 7.92. The maximum absolute atomic E-state index is 12.7. The van der Waals surface area contributed by atoms with Crippen LogP contribution in [0.4, 0.5) is 17.1 Å². The molecule has 13 heteroatoms. The lowest BCUT2D eigenvalue weighted by atomic mass is 10.1. The second-order valence-electron chi connectivity index (χ2n) is 6.93. The average molecular weight is 487 g/mol. The van der Waals surface area contributed by atoms with Crippen molar-refractivity contribution in [2.75, 3.05) is 17.3 Å². The van der Waals surface area contributed by atoms with E-state index in [-0.39, 0.29) is 27.6 Å². The van der Waals surface area contributed by atoms with Gasteiger partial charge in [-0.2, -0.15) is 5.10 Å². The maximum Gasteiger partial charge on any atom is 0.295 e. The third kappa shape index (κ3) is 5.39. The van der Waals surface area contributed by atoms with Gasteiger partial charge in [0.2, 0.25) is 0 Å². The Bertz CT molecular complexity index is 1340. The molecule has 0 spiro atoms. The number of aromatic hydroxyl groups is 1. The lowest BCUT2D eigenvalue weighted by Gasteiger charge is -2.10. The summed E-state index contributed by atoms with van der Waals surface area (Å²) >= 11 is 0. The van der Waals surface area contributed by atoms with Crippen LogP contribution in [-0.2, 0) is 16.6 Å². The van der Waals surface area contributed by atoms with Gasteiger partial charge in [-0.1, -0.05) is 0 Å². The summed E-state index contributed by atoms with van der Waals surface area (Å²) in [6, 6.07) is 9.40. The minimum absolute atomic E-state index is 0.0829. The van der Waals surface area contributed by atoms with E-state index in [0.29, 0.717) is 17.0 Å². The zero-order valence-electron chi connectivity index (χ0n) is 18.1. The number of aryl methyl sites for hydroxylation is 1. The van der Waals surface area contributed by atoms with Crippen molar-refractivity contribution in [2.45, 2.75) is 18.4 Å². The molecule has 0 aliphatic heterocycles. The van der Waals surface area contributed by atoms with E-state index in [1.165, 1.54) is 43.8 Å². The molecule has 3 aromatic rings. The lowest BCUT2D eigenvalue weighted by molar-refractivity contribution is -0.384. The Morgan fingerprint density at radius 2 is 1.94 bits per heavy atom. The van der Waals surface area contributed by atoms with Gasteiger partial charge in [0.15, 0.2) is 0 Å². The molecule has 0 saturated carbocycles. The molecular formula is C21H21N5O7S. The Hall–Kier alpha value is -4.23. The van der Waals surface area contributed by atoms with Crippen LogP contribution in [0.2, 0.25) is 0 Å². The molecule has 2 aromatic carbocycles. The number of hydrogen-bond donors (Lipinski definition) is 4. The molecule has 0 unspecified atom stereocenters. The topological polar surface area (TPSA) is 176 Å². The van der Waals surface area contributed by atoms with Gasteiger partial charge < -0.3 is 14.9 Å². The number of anilines is 2. The van der Waals surface area contributed by atoms with Crippen molar-refractivity contribution in [3.63, 3.8) is 0 Å². The first-order chi connectivity index (χ1) is 16.2. The van der Waals surface area contributed by atoms with Crippen LogP contribution in [0.3, 0.4) is 0 Å². The molecule has 1 heterocycles. The molecule has 34 heavy (non-hydrogen) atoms. The molecule has 178 valence electrons. The van der Waals surface area contributed by atoms with Crippen LogP contribution in [0.5, 0.6) is 11.5 Å². The summed E-state index contributed by atoms with van der Waals surface area (Å²) in [6.45, 7) is 1.15. The number of aromatic nitrogens is 1. The lowest BCUT2D eigenvalue weighted by Crippen LogP contribution is -2.13. The highest BCUT2D eigenvalue weighted by Crippen LogP contribution is 2.29. The van der Waals surface area contributed by atoms with E-state index in [1.54, 1.807) is 19.1 Å². The number of rotatable bonds is 9. The Balaban J connectivity index is 1.86. The van der Waals surface area contributed by atoms with Crippen LogP contribution in [0, 0.1) is 17.0 Å². The quantitative estimate of drug-likeness (QED) is 0.201. The molecule has 0 bridgehead atoms. The van der Waals surface area contributed by atoms with Gasteiger partial charge >= 0.3 is 0 Å². The summed E-state index contributed by atoms with van der Waals surface area (Å²) in [6.07, 6.45) is 2.55. The Morgan fingerprint density at radius 3 is 2.56 bits per heavy atom. The smallest absolute Gasteiger partial charge is 0.295 e. The number of pyridine rings is 1. The maximum atomic E-state index is 12.7. The van der Waals surface area contributed by atoms with Crippen molar-refractivity contribution < 1.29 is 28.3 Å². The zero-order valence-corrected chi connectivity index (χ0v) is 18.9. The second kappa shape index (κ2) is 10.1. The molecule has 0 saturated heterocycles. The number of ether oxygens (including phenoxy) is 1. The summed E-state index contributed by atoms with van der Waals surface area (Å²) in [5, 5.41) is 35.0. The number of benzene rings is 2. The van der Waals surface area contributed by atoms with Crippen LogP contribution in [0.15, 0.2) is 58.7 Å². The summed E-state index contributed by atoms with van der Waals surface area (Å²) in [7, 11) is -2.64. The average Bonchev–Trinajstić information content (AvgIpc) is 2.82. The first kappa shape index (κ1) is 24.4. The third-order valence-corrected chi connectivity index (χ3v) is 6.10. The van der Waals surface area contributed by atoms with Crippen LogP contribution >= 0.6 is 0 Å². The molecule has 4 N–H and O–H groups in total. The van der Waals surface area contributed by atoms with Crippen molar-refractivity contribution >= 4 is 33.3 Å². The fourth-order valence-corrected chi connectivity index (χ4v) is 3.96. The molecule has 1 aromatic heterocycles. The standard InChI is InChI=1S/C21H21N5O7S/c1-13-21(28)18(14(12-27)10-22-13)11-23-24-19-8-7-17(9-20(19)26(29)30)34(31,32)25-15-3-5-16(33-2)6-4-15/h3-11,24-25,27-28H,12H2,1-2H3/b23-11+. The summed E-state index contributed by atoms with van der Waals surface area (Å²) in [5.41, 5.74) is 2.90. The van der Waals surface area contributed by atoms with Gasteiger partial charge in [-0.15, -0.1) is 0 Å². The van der Waals surface area contributed by atoms with Crippen LogP contribution in [0.1, 0.15) is 16.8 Å². The van der Waals surface area contributed by atoms with E-state index in [0.717, 1.165) is 6.07 Å². The van der Waals surface area contributed by atoms with Crippen molar-refractivity contribution in [3.05, 3.63) is 75.6 Å². The van der Waals surface area contributed by atoms with E-state index in [1.807, 2.05) is 0 Å². The van der Waals surface area contributed by atoms with E-state index in [4.69, 9.17) is 4.74 Å². The molecule has 12 nitrogen and oxygen atoms in total. The largest absolute Gasteiger partial charge is 0.505 e. The number of aliphatic hydroxyl groups excluding tert-OH is 1. The normalized spacial score (nSPS) is 11.4. The van der Waals surface area contributed by atoms with Crippen molar-refractivity contribution in [2.24, 2.45) is 5.10 Å². The van der Waals surface area contributed by atoms with Crippen molar-refractivity contribution in [1.29, 1.82) is 0 Å². The Kier molecular flexibility index (Phi) is 7.28. The summed E-state index contributed by atoms with van der Waals surface area (Å²) in [5.74, 6) is 0.341. The molecule has 0 fully saturated rings. The fraction of sp³-hybridized carbons (Fsp3) is 0.143. The highest BCUT2D eigenvalue weighted by Gasteiger charge is 2.22. The summed E-state index contributed by atoms with van der Waals surface area (Å²) < 4.78 is 32.8. The van der Waals surface area contributed by atoms with Gasteiger partial charge in [0.25, 0.3) is 15.7 Å². The number of nitro groups is 1. The predicted octanol–water partition coefficient (Wildman–Crippen LogP) is 2.75. The van der Waals surface area contributed by atoms with Crippen molar-refractivity contribution in [3.8, 4) is 11.5 Å². The van der Waals surface area contributed by atoms with Crippen LogP contribution in [-0.4, -0.2) is 41.9 Å². The number of nitrogens with one attached hydrogen (secondary N) is 2. The van der Waals surface area contributed by atoms with Crippen LogP contribution < -0.4 is 14.9 Å². The third-order valence-electron chi connectivity index (χ3n) is 4.73. The highest BCUT2D eigenvalue weighted by atomic mass is 32.2. The van der Waals surface area contributed by atoms with E-state index < -0.39 is 27.2 Å².